The molecular weight excluding hydrogens is 164 g/mol. The Morgan fingerprint density at radius 3 is 2.23 bits per heavy atom. The molecule has 1 aromatic rings. The van der Waals surface area contributed by atoms with Crippen molar-refractivity contribution < 1.29 is 0 Å². The van der Waals surface area contributed by atoms with Crippen molar-refractivity contribution in [1.29, 1.82) is 0 Å². The van der Waals surface area contributed by atoms with Gasteiger partial charge in [0.15, 0.2) is 0 Å². The Morgan fingerprint density at radius 1 is 1.15 bits per heavy atom. The summed E-state index contributed by atoms with van der Waals surface area (Å²) in [5, 5.41) is 7.72. The van der Waals surface area contributed by atoms with Gasteiger partial charge in [0.25, 0.3) is 0 Å². The minimum absolute atomic E-state index is 0.232. The van der Waals surface area contributed by atoms with Gasteiger partial charge in [-0.25, -0.2) is 0 Å². The van der Waals surface area contributed by atoms with Crippen LogP contribution in [0.4, 0.5) is 0 Å². The summed E-state index contributed by atoms with van der Waals surface area (Å²) in [7, 11) is 2.17. The van der Waals surface area contributed by atoms with Crippen LogP contribution in [-0.2, 0) is 5.54 Å². The molecule has 1 fully saturated rings. The number of hydrogen-bond donors (Lipinski definition) is 0. The molecule has 0 amide bonds. The lowest BCUT2D eigenvalue weighted by Crippen LogP contribution is -2.42. The standard InChI is InChI=1S/C9H16N4/c1-9(13-7-10-11-8-13)3-5-12(2)6-4-9/h7-8H,3-6H2,1-2H3. The van der Waals surface area contributed by atoms with Gasteiger partial charge in [0.1, 0.15) is 12.7 Å². The highest BCUT2D eigenvalue weighted by Crippen LogP contribution is 2.28. The molecule has 72 valence electrons. The Kier molecular flexibility index (Phi) is 2.07. The van der Waals surface area contributed by atoms with Gasteiger partial charge in [-0.15, -0.1) is 10.2 Å². The zero-order valence-electron chi connectivity index (χ0n) is 8.27. The average molecular weight is 180 g/mol. The topological polar surface area (TPSA) is 34.0 Å². The molecule has 2 rings (SSSR count). The zero-order chi connectivity index (χ0) is 9.31. The van der Waals surface area contributed by atoms with E-state index < -0.39 is 0 Å². The van der Waals surface area contributed by atoms with Gasteiger partial charge < -0.3 is 9.47 Å². The molecule has 2 heterocycles. The second-order valence-electron chi connectivity index (χ2n) is 4.17. The molecule has 1 aliphatic heterocycles. The van der Waals surface area contributed by atoms with Gasteiger partial charge in [0, 0.05) is 18.6 Å². The summed E-state index contributed by atoms with van der Waals surface area (Å²) in [6.45, 7) is 4.60. The second kappa shape index (κ2) is 3.10. The summed E-state index contributed by atoms with van der Waals surface area (Å²) in [5.41, 5.74) is 0.232. The maximum Gasteiger partial charge on any atom is 0.119 e. The number of rotatable bonds is 1. The molecule has 0 atom stereocenters. The lowest BCUT2D eigenvalue weighted by Gasteiger charge is -2.38. The first-order valence-corrected chi connectivity index (χ1v) is 4.74. The third kappa shape index (κ3) is 1.58. The van der Waals surface area contributed by atoms with Crippen LogP contribution in [0.15, 0.2) is 12.7 Å². The lowest BCUT2D eigenvalue weighted by atomic mass is 9.90. The maximum atomic E-state index is 3.86. The number of nitrogens with zero attached hydrogens (tertiary/aromatic N) is 4. The fourth-order valence-electron chi connectivity index (χ4n) is 1.84. The van der Waals surface area contributed by atoms with E-state index in [0.29, 0.717) is 0 Å². The Labute approximate surface area is 78.6 Å². The normalized spacial score (nSPS) is 23.2. The van der Waals surface area contributed by atoms with Gasteiger partial charge >= 0.3 is 0 Å². The smallest absolute Gasteiger partial charge is 0.119 e. The highest BCUT2D eigenvalue weighted by molar-refractivity contribution is 4.88. The number of likely N-dealkylation sites (tertiary alicyclic amines) is 1. The van der Waals surface area contributed by atoms with E-state index in [9.17, 15) is 0 Å². The summed E-state index contributed by atoms with van der Waals surface area (Å²) in [6.07, 6.45) is 6.01. The van der Waals surface area contributed by atoms with Crippen LogP contribution in [0.1, 0.15) is 19.8 Å². The van der Waals surface area contributed by atoms with E-state index in [-0.39, 0.29) is 5.54 Å². The second-order valence-corrected chi connectivity index (χ2v) is 4.17. The molecule has 0 aliphatic carbocycles. The van der Waals surface area contributed by atoms with Gasteiger partial charge in [0.05, 0.1) is 0 Å². The molecule has 13 heavy (non-hydrogen) atoms. The zero-order valence-corrected chi connectivity index (χ0v) is 8.27. The molecule has 4 nitrogen and oxygen atoms in total. The van der Waals surface area contributed by atoms with Crippen LogP contribution in [0.3, 0.4) is 0 Å². The fraction of sp³-hybridized carbons (Fsp3) is 0.778. The molecule has 0 bridgehead atoms. The van der Waals surface area contributed by atoms with Crippen molar-refractivity contribution in [3.8, 4) is 0 Å². The largest absolute Gasteiger partial charge is 0.314 e. The van der Waals surface area contributed by atoms with Crippen LogP contribution in [0.5, 0.6) is 0 Å². The molecule has 0 unspecified atom stereocenters. The van der Waals surface area contributed by atoms with E-state index >= 15 is 0 Å². The predicted octanol–water partition coefficient (Wildman–Crippen LogP) is 0.719. The van der Waals surface area contributed by atoms with Gasteiger partial charge in [-0.2, -0.15) is 0 Å². The minimum atomic E-state index is 0.232. The van der Waals surface area contributed by atoms with Crippen LogP contribution >= 0.6 is 0 Å². The summed E-state index contributed by atoms with van der Waals surface area (Å²) in [4.78, 5) is 2.37. The van der Waals surface area contributed by atoms with Crippen molar-refractivity contribution in [2.24, 2.45) is 0 Å². The van der Waals surface area contributed by atoms with E-state index in [1.165, 1.54) is 12.8 Å². The van der Waals surface area contributed by atoms with Crippen molar-refractivity contribution >= 4 is 0 Å². The molecule has 4 heteroatoms. The number of aromatic nitrogens is 3. The Hall–Kier alpha value is -0.900. The van der Waals surface area contributed by atoms with E-state index in [0.717, 1.165) is 13.1 Å². The Bertz CT molecular complexity index is 259. The van der Waals surface area contributed by atoms with E-state index in [2.05, 4.69) is 33.6 Å². The molecule has 0 saturated carbocycles. The summed E-state index contributed by atoms with van der Waals surface area (Å²) in [6, 6.07) is 0. The quantitative estimate of drug-likeness (QED) is 0.638. The minimum Gasteiger partial charge on any atom is -0.314 e. The van der Waals surface area contributed by atoms with Crippen molar-refractivity contribution in [3.05, 3.63) is 12.7 Å². The summed E-state index contributed by atoms with van der Waals surface area (Å²) in [5.74, 6) is 0. The number of hydrogen-bond acceptors (Lipinski definition) is 3. The van der Waals surface area contributed by atoms with Gasteiger partial charge in [0.2, 0.25) is 0 Å². The van der Waals surface area contributed by atoms with Crippen LogP contribution < -0.4 is 0 Å². The van der Waals surface area contributed by atoms with E-state index in [1.807, 2.05) is 12.7 Å². The van der Waals surface area contributed by atoms with Crippen LogP contribution in [0.25, 0.3) is 0 Å². The van der Waals surface area contributed by atoms with Crippen LogP contribution in [0.2, 0.25) is 0 Å². The summed E-state index contributed by atoms with van der Waals surface area (Å²) < 4.78 is 2.14. The first-order chi connectivity index (χ1) is 6.21. The SMILES string of the molecule is CN1CCC(C)(n2cnnc2)CC1. The van der Waals surface area contributed by atoms with E-state index in [1.54, 1.807) is 0 Å². The Balaban J connectivity index is 2.13. The predicted molar refractivity (Wildman–Crippen MR) is 50.4 cm³/mol. The third-order valence-electron chi connectivity index (χ3n) is 3.11. The monoisotopic (exact) mass is 180 g/mol. The average Bonchev–Trinajstić information content (AvgIpc) is 2.63. The lowest BCUT2D eigenvalue weighted by molar-refractivity contribution is 0.144. The fourth-order valence-corrected chi connectivity index (χ4v) is 1.84. The maximum absolute atomic E-state index is 3.86. The van der Waals surface area contributed by atoms with Crippen molar-refractivity contribution in [2.45, 2.75) is 25.3 Å². The molecule has 1 aliphatic rings. The van der Waals surface area contributed by atoms with Crippen molar-refractivity contribution in [2.75, 3.05) is 20.1 Å². The van der Waals surface area contributed by atoms with Crippen molar-refractivity contribution in [1.82, 2.24) is 19.7 Å². The summed E-state index contributed by atoms with van der Waals surface area (Å²) >= 11 is 0. The molecule has 1 aromatic heterocycles. The van der Waals surface area contributed by atoms with Crippen LogP contribution in [-0.4, -0.2) is 39.8 Å². The third-order valence-corrected chi connectivity index (χ3v) is 3.11. The molecule has 0 radical (unpaired) electrons. The van der Waals surface area contributed by atoms with Gasteiger partial charge in [-0.3, -0.25) is 0 Å². The first kappa shape index (κ1) is 8.69. The van der Waals surface area contributed by atoms with E-state index in [4.69, 9.17) is 0 Å². The molecule has 0 spiro atoms. The first-order valence-electron chi connectivity index (χ1n) is 4.74. The number of piperidine rings is 1. The van der Waals surface area contributed by atoms with Crippen LogP contribution in [0, 0.1) is 0 Å². The molecule has 0 N–H and O–H groups in total. The van der Waals surface area contributed by atoms with Gasteiger partial charge in [-0.05, 0) is 26.8 Å². The molecule has 1 saturated heterocycles. The highest BCUT2D eigenvalue weighted by atomic mass is 15.3. The molecule has 0 aromatic carbocycles. The van der Waals surface area contributed by atoms with Crippen molar-refractivity contribution in [3.63, 3.8) is 0 Å². The highest BCUT2D eigenvalue weighted by Gasteiger charge is 2.30. The molecular formula is C9H16N4. The Morgan fingerprint density at radius 2 is 1.69 bits per heavy atom. The van der Waals surface area contributed by atoms with Gasteiger partial charge in [-0.1, -0.05) is 0 Å².